The highest BCUT2D eigenvalue weighted by atomic mass is 16.5. The van der Waals surface area contributed by atoms with Crippen molar-refractivity contribution in [1.82, 2.24) is 15.8 Å². The van der Waals surface area contributed by atoms with Gasteiger partial charge in [-0.3, -0.25) is 25.2 Å². The van der Waals surface area contributed by atoms with Crippen molar-refractivity contribution >= 4 is 17.7 Å². The van der Waals surface area contributed by atoms with Gasteiger partial charge in [-0.15, -0.1) is 0 Å². The van der Waals surface area contributed by atoms with Crippen LogP contribution in [0.2, 0.25) is 0 Å². The van der Waals surface area contributed by atoms with Gasteiger partial charge in [0.25, 0.3) is 5.91 Å². The van der Waals surface area contributed by atoms with Crippen molar-refractivity contribution in [2.45, 2.75) is 33.2 Å². The highest BCUT2D eigenvalue weighted by molar-refractivity contribution is 5.96. The maximum atomic E-state index is 12.5. The van der Waals surface area contributed by atoms with Gasteiger partial charge in [0.1, 0.15) is 5.75 Å². The van der Waals surface area contributed by atoms with Crippen LogP contribution in [0, 0.1) is 11.8 Å². The van der Waals surface area contributed by atoms with Gasteiger partial charge in [-0.2, -0.15) is 0 Å². The van der Waals surface area contributed by atoms with E-state index in [9.17, 15) is 14.4 Å². The zero-order valence-corrected chi connectivity index (χ0v) is 18.0. The predicted octanol–water partition coefficient (Wildman–Crippen LogP) is 2.92. The Morgan fingerprint density at radius 2 is 1.87 bits per heavy atom. The Morgan fingerprint density at radius 1 is 1.10 bits per heavy atom. The van der Waals surface area contributed by atoms with Gasteiger partial charge in [0.2, 0.25) is 11.8 Å². The lowest BCUT2D eigenvalue weighted by atomic mass is 10.1. The molecule has 1 atom stereocenters. The van der Waals surface area contributed by atoms with Gasteiger partial charge >= 0.3 is 0 Å². The number of nitrogens with zero attached hydrogens (tertiary/aromatic N) is 1. The molecule has 1 aliphatic heterocycles. The molecule has 0 aromatic heterocycles. The number of ether oxygens (including phenoxy) is 1. The fraction of sp³-hybridized carbons (Fsp3) is 0.375. The average molecular weight is 424 g/mol. The average Bonchev–Trinajstić information content (AvgIpc) is 3.13. The number of carbonyl (C=O) groups excluding carboxylic acids is 3. The third-order valence-corrected chi connectivity index (χ3v) is 5.16. The van der Waals surface area contributed by atoms with E-state index in [0.717, 1.165) is 12.0 Å². The van der Waals surface area contributed by atoms with Crippen LogP contribution >= 0.6 is 0 Å². The third-order valence-electron chi connectivity index (χ3n) is 5.16. The van der Waals surface area contributed by atoms with Gasteiger partial charge in [-0.1, -0.05) is 50.2 Å². The van der Waals surface area contributed by atoms with Crippen molar-refractivity contribution in [2.24, 2.45) is 11.8 Å². The lowest BCUT2D eigenvalue weighted by molar-refractivity contribution is -0.129. The summed E-state index contributed by atoms with van der Waals surface area (Å²) in [5, 5.41) is 0. The summed E-state index contributed by atoms with van der Waals surface area (Å²) in [6, 6.07) is 16.5. The first-order valence-corrected chi connectivity index (χ1v) is 10.6. The van der Waals surface area contributed by atoms with Gasteiger partial charge in [-0.25, -0.2) is 0 Å². The van der Waals surface area contributed by atoms with Crippen LogP contribution in [-0.2, 0) is 16.1 Å². The molecule has 0 saturated carbocycles. The molecular formula is C24H29N3O4. The van der Waals surface area contributed by atoms with Crippen LogP contribution in [0.1, 0.15) is 42.6 Å². The van der Waals surface area contributed by atoms with E-state index in [1.54, 1.807) is 29.2 Å². The van der Waals surface area contributed by atoms with Crippen LogP contribution < -0.4 is 15.6 Å². The number of carbonyl (C=O) groups is 3. The van der Waals surface area contributed by atoms with Gasteiger partial charge in [-0.05, 0) is 36.1 Å². The molecule has 1 saturated heterocycles. The molecular weight excluding hydrogens is 394 g/mol. The van der Waals surface area contributed by atoms with E-state index >= 15 is 0 Å². The molecule has 0 aliphatic carbocycles. The number of likely N-dealkylation sites (tertiary alicyclic amines) is 1. The van der Waals surface area contributed by atoms with E-state index in [4.69, 9.17) is 4.74 Å². The Kier molecular flexibility index (Phi) is 7.65. The molecule has 0 radical (unpaired) electrons. The fourth-order valence-corrected chi connectivity index (χ4v) is 3.34. The molecule has 3 amide bonds. The second-order valence-corrected chi connectivity index (χ2v) is 8.16. The molecule has 0 bridgehead atoms. The number of benzene rings is 2. The molecule has 1 unspecified atom stereocenters. The van der Waals surface area contributed by atoms with Crippen molar-refractivity contribution in [1.29, 1.82) is 0 Å². The molecule has 2 aromatic carbocycles. The van der Waals surface area contributed by atoms with Crippen LogP contribution in [0.4, 0.5) is 0 Å². The number of hydrogen-bond acceptors (Lipinski definition) is 4. The Labute approximate surface area is 182 Å². The van der Waals surface area contributed by atoms with Gasteiger partial charge in [0.15, 0.2) is 0 Å². The second kappa shape index (κ2) is 10.6. The number of amides is 3. The summed E-state index contributed by atoms with van der Waals surface area (Å²) in [5.74, 6) is -0.233. The highest BCUT2D eigenvalue weighted by Crippen LogP contribution is 2.20. The molecule has 7 heteroatoms. The summed E-state index contributed by atoms with van der Waals surface area (Å²) < 4.78 is 5.68. The topological polar surface area (TPSA) is 87.7 Å². The summed E-state index contributed by atoms with van der Waals surface area (Å²) >= 11 is 0. The van der Waals surface area contributed by atoms with Crippen molar-refractivity contribution in [3.05, 3.63) is 65.7 Å². The van der Waals surface area contributed by atoms with Crippen LogP contribution in [0.25, 0.3) is 0 Å². The maximum absolute atomic E-state index is 12.5. The Bertz CT molecular complexity index is 914. The summed E-state index contributed by atoms with van der Waals surface area (Å²) in [4.78, 5) is 38.8. The lowest BCUT2D eigenvalue weighted by Gasteiger charge is -2.17. The normalized spacial score (nSPS) is 15.8. The lowest BCUT2D eigenvalue weighted by Crippen LogP contribution is -2.45. The van der Waals surface area contributed by atoms with E-state index in [0.29, 0.717) is 36.9 Å². The standard InChI is InChI=1S/C24H29N3O4/c1-17(2)11-12-31-21-10-6-9-19(13-21)23(29)25-26-24(30)20-14-22(28)27(16-20)15-18-7-4-3-5-8-18/h3-10,13,17,20H,11-12,14-16H2,1-2H3,(H,25,29)(H,26,30). The molecule has 1 heterocycles. The zero-order valence-electron chi connectivity index (χ0n) is 18.0. The molecule has 7 nitrogen and oxygen atoms in total. The molecule has 3 rings (SSSR count). The fourth-order valence-electron chi connectivity index (χ4n) is 3.34. The van der Waals surface area contributed by atoms with Crippen molar-refractivity contribution in [2.75, 3.05) is 13.2 Å². The quantitative estimate of drug-likeness (QED) is 0.639. The third kappa shape index (κ3) is 6.57. The summed E-state index contributed by atoms with van der Waals surface area (Å²) in [6.07, 6.45) is 1.06. The van der Waals surface area contributed by atoms with E-state index in [-0.39, 0.29) is 18.2 Å². The second-order valence-electron chi connectivity index (χ2n) is 8.16. The summed E-state index contributed by atoms with van der Waals surface area (Å²) in [5.41, 5.74) is 6.28. The minimum absolute atomic E-state index is 0.0680. The number of hydrazine groups is 1. The minimum atomic E-state index is -0.498. The molecule has 1 fully saturated rings. The van der Waals surface area contributed by atoms with Gasteiger partial charge in [0, 0.05) is 25.1 Å². The van der Waals surface area contributed by atoms with Crippen LogP contribution in [-0.4, -0.2) is 35.8 Å². The van der Waals surface area contributed by atoms with Gasteiger partial charge < -0.3 is 9.64 Å². The largest absolute Gasteiger partial charge is 0.494 e. The van der Waals surface area contributed by atoms with Crippen molar-refractivity contribution in [3.63, 3.8) is 0 Å². The predicted molar refractivity (Wildman–Crippen MR) is 117 cm³/mol. The summed E-state index contributed by atoms with van der Waals surface area (Å²) in [7, 11) is 0. The Morgan fingerprint density at radius 3 is 2.61 bits per heavy atom. The van der Waals surface area contributed by atoms with E-state index in [1.165, 1.54) is 0 Å². The smallest absolute Gasteiger partial charge is 0.269 e. The Hall–Kier alpha value is -3.35. The van der Waals surface area contributed by atoms with Gasteiger partial charge in [0.05, 0.1) is 12.5 Å². The summed E-state index contributed by atoms with van der Waals surface area (Å²) in [6.45, 7) is 5.62. The molecule has 0 spiro atoms. The molecule has 2 N–H and O–H groups in total. The first-order chi connectivity index (χ1) is 14.9. The molecule has 164 valence electrons. The number of hydrogen-bond donors (Lipinski definition) is 2. The first-order valence-electron chi connectivity index (χ1n) is 10.6. The highest BCUT2D eigenvalue weighted by Gasteiger charge is 2.34. The SMILES string of the molecule is CC(C)CCOc1cccc(C(=O)NNC(=O)C2CC(=O)N(Cc3ccccc3)C2)c1. The van der Waals surface area contributed by atoms with Crippen LogP contribution in [0.15, 0.2) is 54.6 Å². The number of nitrogens with one attached hydrogen (secondary N) is 2. The van der Waals surface area contributed by atoms with Crippen molar-refractivity contribution in [3.8, 4) is 5.75 Å². The number of rotatable bonds is 8. The van der Waals surface area contributed by atoms with Crippen LogP contribution in [0.3, 0.4) is 0 Å². The Balaban J connectivity index is 1.48. The van der Waals surface area contributed by atoms with Crippen LogP contribution in [0.5, 0.6) is 5.75 Å². The monoisotopic (exact) mass is 423 g/mol. The minimum Gasteiger partial charge on any atom is -0.494 e. The molecule has 1 aliphatic rings. The van der Waals surface area contributed by atoms with Crippen molar-refractivity contribution < 1.29 is 19.1 Å². The molecule has 2 aromatic rings. The molecule has 31 heavy (non-hydrogen) atoms. The zero-order chi connectivity index (χ0) is 22.2. The van der Waals surface area contributed by atoms with E-state index < -0.39 is 11.8 Å². The van der Waals surface area contributed by atoms with E-state index in [2.05, 4.69) is 24.7 Å². The first kappa shape index (κ1) is 22.3. The maximum Gasteiger partial charge on any atom is 0.269 e. The van der Waals surface area contributed by atoms with E-state index in [1.807, 2.05) is 30.3 Å².